The number of anilines is 4. The third kappa shape index (κ3) is 4.80. The summed E-state index contributed by atoms with van der Waals surface area (Å²) in [7, 11) is 1.91. The van der Waals surface area contributed by atoms with Crippen LogP contribution in [-0.2, 0) is 6.54 Å². The smallest absolute Gasteiger partial charge is 0.254 e. The highest BCUT2D eigenvalue weighted by Gasteiger charge is 2.13. The Bertz CT molecular complexity index is 939. The van der Waals surface area contributed by atoms with Crippen molar-refractivity contribution < 1.29 is 4.79 Å². The highest BCUT2D eigenvalue weighted by atomic mass is 16.1. The van der Waals surface area contributed by atoms with Crippen molar-refractivity contribution in [1.29, 1.82) is 0 Å². The molecule has 0 radical (unpaired) electrons. The van der Waals surface area contributed by atoms with E-state index < -0.39 is 5.91 Å². The van der Waals surface area contributed by atoms with Crippen LogP contribution in [0.15, 0.2) is 54.7 Å². The summed E-state index contributed by atoms with van der Waals surface area (Å²) in [4.78, 5) is 20.3. The molecule has 0 fully saturated rings. The number of aryl methyl sites for hydroxylation is 1. The molecule has 1 aromatic heterocycles. The van der Waals surface area contributed by atoms with Crippen LogP contribution in [0.3, 0.4) is 0 Å². The number of benzene rings is 2. The maximum absolute atomic E-state index is 11.7. The lowest BCUT2D eigenvalue weighted by Crippen LogP contribution is -2.15. The lowest BCUT2D eigenvalue weighted by atomic mass is 10.2. The molecule has 1 amide bonds. The lowest BCUT2D eigenvalue weighted by molar-refractivity contribution is 0.100. The number of aromatic nitrogens is 2. The number of rotatable bonds is 7. The molecule has 0 saturated carbocycles. The Hall–Kier alpha value is -3.45. The average Bonchev–Trinajstić information content (AvgIpc) is 2.63. The van der Waals surface area contributed by atoms with Gasteiger partial charge in [-0.15, -0.1) is 0 Å². The zero-order chi connectivity index (χ0) is 19.2. The van der Waals surface area contributed by atoms with Gasteiger partial charge in [0.15, 0.2) is 0 Å². The molecule has 0 atom stereocenters. The Kier molecular flexibility index (Phi) is 5.63. The monoisotopic (exact) mass is 362 g/mol. The van der Waals surface area contributed by atoms with Crippen molar-refractivity contribution in [3.05, 3.63) is 71.4 Å². The molecule has 1 heterocycles. The molecule has 0 unspecified atom stereocenters. The van der Waals surface area contributed by atoms with Gasteiger partial charge in [0.1, 0.15) is 11.4 Å². The normalized spacial score (nSPS) is 10.4. The zero-order valence-electron chi connectivity index (χ0n) is 15.3. The minimum atomic E-state index is -0.590. The number of hydrogen-bond donors (Lipinski definition) is 4. The number of nitrogens with two attached hydrogens (primary N) is 1. The summed E-state index contributed by atoms with van der Waals surface area (Å²) >= 11 is 0. The Labute approximate surface area is 158 Å². The second kappa shape index (κ2) is 8.29. The van der Waals surface area contributed by atoms with E-state index in [1.54, 1.807) is 0 Å². The maximum atomic E-state index is 11.7. The minimum Gasteiger partial charge on any atom is -0.365 e. The SMILES string of the molecule is CNCc1ccc(Nc2ncc(C(N)=O)c(Nc3cccc(C)c3)n2)cc1. The molecule has 138 valence electrons. The number of nitrogens with one attached hydrogen (secondary N) is 3. The van der Waals surface area contributed by atoms with Gasteiger partial charge in [-0.3, -0.25) is 4.79 Å². The van der Waals surface area contributed by atoms with Crippen LogP contribution in [0.1, 0.15) is 21.5 Å². The molecule has 7 heteroatoms. The van der Waals surface area contributed by atoms with Gasteiger partial charge in [0.25, 0.3) is 5.91 Å². The van der Waals surface area contributed by atoms with Gasteiger partial charge in [0, 0.05) is 24.1 Å². The first-order valence-corrected chi connectivity index (χ1v) is 8.56. The fraction of sp³-hybridized carbons (Fsp3) is 0.150. The van der Waals surface area contributed by atoms with Crippen molar-refractivity contribution in [1.82, 2.24) is 15.3 Å². The largest absolute Gasteiger partial charge is 0.365 e. The highest BCUT2D eigenvalue weighted by molar-refractivity contribution is 5.98. The van der Waals surface area contributed by atoms with Crippen LogP contribution in [0, 0.1) is 6.92 Å². The summed E-state index contributed by atoms with van der Waals surface area (Å²) in [6, 6.07) is 15.7. The van der Waals surface area contributed by atoms with Crippen LogP contribution >= 0.6 is 0 Å². The van der Waals surface area contributed by atoms with E-state index >= 15 is 0 Å². The summed E-state index contributed by atoms with van der Waals surface area (Å²) in [5.74, 6) is 0.141. The summed E-state index contributed by atoms with van der Waals surface area (Å²) in [5.41, 5.74) is 9.63. The maximum Gasteiger partial charge on any atom is 0.254 e. The molecule has 7 nitrogen and oxygen atoms in total. The first-order chi connectivity index (χ1) is 13.0. The topological polar surface area (TPSA) is 105 Å². The van der Waals surface area contributed by atoms with Crippen molar-refractivity contribution in [3.8, 4) is 0 Å². The molecule has 0 aliphatic heterocycles. The Balaban J connectivity index is 1.85. The van der Waals surface area contributed by atoms with Crippen LogP contribution in [0.25, 0.3) is 0 Å². The van der Waals surface area contributed by atoms with Crippen LogP contribution in [0.5, 0.6) is 0 Å². The lowest BCUT2D eigenvalue weighted by Gasteiger charge is -2.12. The van der Waals surface area contributed by atoms with E-state index in [2.05, 4.69) is 25.9 Å². The van der Waals surface area contributed by atoms with E-state index in [9.17, 15) is 4.79 Å². The fourth-order valence-electron chi connectivity index (χ4n) is 2.62. The van der Waals surface area contributed by atoms with Crippen LogP contribution in [0.2, 0.25) is 0 Å². The van der Waals surface area contributed by atoms with E-state index in [0.717, 1.165) is 23.5 Å². The van der Waals surface area contributed by atoms with Crippen molar-refractivity contribution >= 4 is 29.0 Å². The van der Waals surface area contributed by atoms with Crippen molar-refractivity contribution in [3.63, 3.8) is 0 Å². The van der Waals surface area contributed by atoms with Crippen LogP contribution in [0.4, 0.5) is 23.1 Å². The summed E-state index contributed by atoms with van der Waals surface area (Å²) in [6.07, 6.45) is 1.42. The molecule has 0 aliphatic rings. The number of carbonyl (C=O) groups is 1. The summed E-state index contributed by atoms with van der Waals surface area (Å²) in [5, 5.41) is 9.40. The fourth-order valence-corrected chi connectivity index (χ4v) is 2.62. The van der Waals surface area contributed by atoms with Gasteiger partial charge in [-0.2, -0.15) is 4.98 Å². The van der Waals surface area contributed by atoms with E-state index in [4.69, 9.17) is 5.73 Å². The first kappa shape index (κ1) is 18.3. The van der Waals surface area contributed by atoms with Gasteiger partial charge in [-0.25, -0.2) is 4.98 Å². The summed E-state index contributed by atoms with van der Waals surface area (Å²) < 4.78 is 0. The van der Waals surface area contributed by atoms with Gasteiger partial charge in [0.05, 0.1) is 0 Å². The third-order valence-electron chi connectivity index (χ3n) is 3.93. The number of nitrogens with zero attached hydrogens (tertiary/aromatic N) is 2. The molecule has 27 heavy (non-hydrogen) atoms. The highest BCUT2D eigenvalue weighted by Crippen LogP contribution is 2.22. The molecule has 3 aromatic rings. The van der Waals surface area contributed by atoms with E-state index in [1.807, 2.05) is 62.5 Å². The molecular weight excluding hydrogens is 340 g/mol. The van der Waals surface area contributed by atoms with Gasteiger partial charge >= 0.3 is 0 Å². The third-order valence-corrected chi connectivity index (χ3v) is 3.93. The average molecular weight is 362 g/mol. The molecule has 5 N–H and O–H groups in total. The van der Waals surface area contributed by atoms with Crippen LogP contribution < -0.4 is 21.7 Å². The van der Waals surface area contributed by atoms with Gasteiger partial charge in [-0.1, -0.05) is 24.3 Å². The molecular formula is C20H22N6O. The molecule has 3 rings (SSSR count). The predicted molar refractivity (Wildman–Crippen MR) is 108 cm³/mol. The zero-order valence-corrected chi connectivity index (χ0v) is 15.3. The number of primary amides is 1. The van der Waals surface area contributed by atoms with Gasteiger partial charge in [-0.05, 0) is 49.4 Å². The minimum absolute atomic E-state index is 0.228. The molecule has 0 aliphatic carbocycles. The molecule has 0 bridgehead atoms. The van der Waals surface area contributed by atoms with E-state index in [0.29, 0.717) is 11.8 Å². The van der Waals surface area contributed by atoms with Crippen molar-refractivity contribution in [2.75, 3.05) is 17.7 Å². The number of hydrogen-bond acceptors (Lipinski definition) is 6. The Morgan fingerprint density at radius 1 is 1.07 bits per heavy atom. The molecule has 0 spiro atoms. The Morgan fingerprint density at radius 2 is 1.85 bits per heavy atom. The first-order valence-electron chi connectivity index (χ1n) is 8.56. The summed E-state index contributed by atoms with van der Waals surface area (Å²) in [6.45, 7) is 2.79. The number of amides is 1. The second-order valence-corrected chi connectivity index (χ2v) is 6.17. The second-order valence-electron chi connectivity index (χ2n) is 6.17. The van der Waals surface area contributed by atoms with E-state index in [-0.39, 0.29) is 5.56 Å². The van der Waals surface area contributed by atoms with Crippen molar-refractivity contribution in [2.24, 2.45) is 5.73 Å². The van der Waals surface area contributed by atoms with Gasteiger partial charge < -0.3 is 21.7 Å². The van der Waals surface area contributed by atoms with Gasteiger partial charge in [0.2, 0.25) is 5.95 Å². The predicted octanol–water partition coefficient (Wildman–Crippen LogP) is 3.09. The van der Waals surface area contributed by atoms with E-state index in [1.165, 1.54) is 11.8 Å². The molecule has 2 aromatic carbocycles. The van der Waals surface area contributed by atoms with Crippen molar-refractivity contribution in [2.45, 2.75) is 13.5 Å². The Morgan fingerprint density at radius 3 is 2.52 bits per heavy atom. The van der Waals surface area contributed by atoms with Crippen LogP contribution in [-0.4, -0.2) is 22.9 Å². The quantitative estimate of drug-likeness (QED) is 0.515. The number of carbonyl (C=O) groups excluding carboxylic acids is 1. The standard InChI is InChI=1S/C20H22N6O/c1-13-4-3-5-16(10-13)24-19-17(18(21)27)12-23-20(26-19)25-15-8-6-14(7-9-15)11-22-2/h3-10,12,22H,11H2,1-2H3,(H2,21,27)(H2,23,24,25,26). The molecule has 0 saturated heterocycles.